The fourth-order valence-corrected chi connectivity index (χ4v) is 3.37. The zero-order valence-electron chi connectivity index (χ0n) is 11.0. The molecule has 3 fully saturated rings. The van der Waals surface area contributed by atoms with Crippen LogP contribution >= 0.6 is 0 Å². The van der Waals surface area contributed by atoms with Gasteiger partial charge in [-0.15, -0.1) is 0 Å². The molecule has 1 aliphatic carbocycles. The largest absolute Gasteiger partial charge is 0.459 e. The van der Waals surface area contributed by atoms with Crippen LogP contribution in [-0.4, -0.2) is 30.6 Å². The average molecular weight is 254 g/mol. The van der Waals surface area contributed by atoms with E-state index in [1.54, 1.807) is 0 Å². The molecule has 1 spiro atoms. The third-order valence-corrected chi connectivity index (χ3v) is 4.34. The summed E-state index contributed by atoms with van der Waals surface area (Å²) in [5.41, 5.74) is 0. The summed E-state index contributed by atoms with van der Waals surface area (Å²) in [6.45, 7) is 2.67. The number of carbonyl (C=O) groups excluding carboxylic acids is 1. The summed E-state index contributed by atoms with van der Waals surface area (Å²) in [6.07, 6.45) is 6.86. The van der Waals surface area contributed by atoms with Crippen LogP contribution in [0.1, 0.15) is 51.9 Å². The third kappa shape index (κ3) is 2.41. The van der Waals surface area contributed by atoms with E-state index < -0.39 is 0 Å². The van der Waals surface area contributed by atoms with Gasteiger partial charge in [-0.3, -0.25) is 4.79 Å². The van der Waals surface area contributed by atoms with E-state index >= 15 is 0 Å². The smallest absolute Gasteiger partial charge is 0.306 e. The van der Waals surface area contributed by atoms with Crippen LogP contribution < -0.4 is 0 Å². The van der Waals surface area contributed by atoms with Gasteiger partial charge in [-0.05, 0) is 25.2 Å². The molecule has 2 heterocycles. The first-order valence-electron chi connectivity index (χ1n) is 7.18. The lowest BCUT2D eigenvalue weighted by Gasteiger charge is -2.34. The number of hydrogen-bond acceptors (Lipinski definition) is 4. The number of ether oxygens (including phenoxy) is 3. The second-order valence-electron chi connectivity index (χ2n) is 6.01. The molecule has 0 unspecified atom stereocenters. The molecule has 1 saturated carbocycles. The number of rotatable bonds is 1. The summed E-state index contributed by atoms with van der Waals surface area (Å²) in [7, 11) is 0. The van der Waals surface area contributed by atoms with Crippen LogP contribution in [0.3, 0.4) is 0 Å². The van der Waals surface area contributed by atoms with E-state index in [2.05, 4.69) is 6.92 Å². The SMILES string of the molecule is C[C@@H]1CC(=O)O[C@H]([C@H]2COC3(CCCCC3)O2)C1. The molecule has 0 bridgehead atoms. The van der Waals surface area contributed by atoms with Crippen molar-refractivity contribution in [2.24, 2.45) is 5.92 Å². The maximum atomic E-state index is 11.5. The zero-order valence-corrected chi connectivity index (χ0v) is 11.0. The fourth-order valence-electron chi connectivity index (χ4n) is 3.37. The molecule has 102 valence electrons. The maximum Gasteiger partial charge on any atom is 0.306 e. The first kappa shape index (κ1) is 12.4. The number of carbonyl (C=O) groups is 1. The van der Waals surface area contributed by atoms with Crippen molar-refractivity contribution in [2.75, 3.05) is 6.61 Å². The topological polar surface area (TPSA) is 44.8 Å². The lowest BCUT2D eigenvalue weighted by Crippen LogP contribution is -2.41. The fraction of sp³-hybridized carbons (Fsp3) is 0.929. The second kappa shape index (κ2) is 4.82. The molecule has 0 aromatic rings. The number of cyclic esters (lactones) is 1. The minimum Gasteiger partial charge on any atom is -0.459 e. The van der Waals surface area contributed by atoms with Crippen LogP contribution in [0.15, 0.2) is 0 Å². The molecule has 0 radical (unpaired) electrons. The number of esters is 1. The highest BCUT2D eigenvalue weighted by atomic mass is 16.8. The Hall–Kier alpha value is -0.610. The molecule has 18 heavy (non-hydrogen) atoms. The second-order valence-corrected chi connectivity index (χ2v) is 6.01. The van der Waals surface area contributed by atoms with Crippen molar-refractivity contribution in [1.82, 2.24) is 0 Å². The molecular weight excluding hydrogens is 232 g/mol. The van der Waals surface area contributed by atoms with E-state index in [4.69, 9.17) is 14.2 Å². The van der Waals surface area contributed by atoms with Crippen LogP contribution in [0.25, 0.3) is 0 Å². The molecule has 3 aliphatic rings. The van der Waals surface area contributed by atoms with Crippen molar-refractivity contribution < 1.29 is 19.0 Å². The molecular formula is C14H22O4. The van der Waals surface area contributed by atoms with Gasteiger partial charge < -0.3 is 14.2 Å². The van der Waals surface area contributed by atoms with Gasteiger partial charge in [-0.2, -0.15) is 0 Å². The van der Waals surface area contributed by atoms with Crippen molar-refractivity contribution in [1.29, 1.82) is 0 Å². The molecule has 0 aromatic heterocycles. The minimum atomic E-state index is -0.365. The zero-order chi connectivity index (χ0) is 12.6. The minimum absolute atomic E-state index is 0.0604. The maximum absolute atomic E-state index is 11.5. The molecule has 0 amide bonds. The predicted octanol–water partition coefficient (Wildman–Crippen LogP) is 2.40. The van der Waals surface area contributed by atoms with Gasteiger partial charge >= 0.3 is 5.97 Å². The molecule has 0 N–H and O–H groups in total. The third-order valence-electron chi connectivity index (χ3n) is 4.34. The van der Waals surface area contributed by atoms with Crippen molar-refractivity contribution in [3.63, 3.8) is 0 Å². The van der Waals surface area contributed by atoms with Gasteiger partial charge in [0.05, 0.1) is 6.61 Å². The Morgan fingerprint density at radius 3 is 2.67 bits per heavy atom. The van der Waals surface area contributed by atoms with E-state index in [0.29, 0.717) is 18.9 Å². The molecule has 4 heteroatoms. The predicted molar refractivity (Wildman–Crippen MR) is 64.9 cm³/mol. The average Bonchev–Trinajstić information content (AvgIpc) is 2.73. The van der Waals surface area contributed by atoms with E-state index in [0.717, 1.165) is 19.3 Å². The van der Waals surface area contributed by atoms with Crippen molar-refractivity contribution in [2.45, 2.75) is 69.9 Å². The van der Waals surface area contributed by atoms with E-state index in [1.807, 2.05) is 0 Å². The summed E-state index contributed by atoms with van der Waals surface area (Å²) >= 11 is 0. The Morgan fingerprint density at radius 1 is 1.17 bits per heavy atom. The van der Waals surface area contributed by atoms with Gasteiger partial charge in [-0.25, -0.2) is 0 Å². The van der Waals surface area contributed by atoms with Gasteiger partial charge in [0.2, 0.25) is 0 Å². The summed E-state index contributed by atoms with van der Waals surface area (Å²) < 4.78 is 17.5. The van der Waals surface area contributed by atoms with Gasteiger partial charge in [-0.1, -0.05) is 13.3 Å². The van der Waals surface area contributed by atoms with Crippen molar-refractivity contribution in [3.8, 4) is 0 Å². The first-order valence-corrected chi connectivity index (χ1v) is 7.18. The van der Waals surface area contributed by atoms with Crippen LogP contribution in [0, 0.1) is 5.92 Å². The molecule has 4 nitrogen and oxygen atoms in total. The van der Waals surface area contributed by atoms with Crippen LogP contribution in [0.2, 0.25) is 0 Å². The lowest BCUT2D eigenvalue weighted by molar-refractivity contribution is -0.204. The molecule has 3 atom stereocenters. The molecule has 3 rings (SSSR count). The van der Waals surface area contributed by atoms with Crippen molar-refractivity contribution in [3.05, 3.63) is 0 Å². The summed E-state index contributed by atoms with van der Waals surface area (Å²) in [5, 5.41) is 0. The van der Waals surface area contributed by atoms with E-state index in [1.165, 1.54) is 19.3 Å². The standard InChI is InChI=1S/C14H22O4/c1-10-7-11(17-13(15)8-10)12-9-16-14(18-12)5-3-2-4-6-14/h10-12H,2-9H2,1H3/t10-,11-,12+/m0/s1. The molecule has 2 saturated heterocycles. The summed E-state index contributed by atoms with van der Waals surface area (Å²) in [5.74, 6) is -0.0644. The van der Waals surface area contributed by atoms with Crippen LogP contribution in [-0.2, 0) is 19.0 Å². The van der Waals surface area contributed by atoms with Crippen LogP contribution in [0.5, 0.6) is 0 Å². The highest BCUT2D eigenvalue weighted by Crippen LogP contribution is 2.40. The van der Waals surface area contributed by atoms with Crippen molar-refractivity contribution >= 4 is 5.97 Å². The first-order chi connectivity index (χ1) is 8.67. The molecule has 2 aliphatic heterocycles. The number of hydrogen-bond donors (Lipinski definition) is 0. The van der Waals surface area contributed by atoms with Gasteiger partial charge in [0.15, 0.2) is 5.79 Å². The summed E-state index contributed by atoms with van der Waals surface area (Å²) in [4.78, 5) is 11.5. The Morgan fingerprint density at radius 2 is 1.94 bits per heavy atom. The van der Waals surface area contributed by atoms with Gasteiger partial charge in [0.25, 0.3) is 0 Å². The normalized spacial score (nSPS) is 39.8. The lowest BCUT2D eigenvalue weighted by atomic mass is 9.93. The monoisotopic (exact) mass is 254 g/mol. The Balaban J connectivity index is 1.62. The Kier molecular flexibility index (Phi) is 3.32. The van der Waals surface area contributed by atoms with Gasteiger partial charge in [0, 0.05) is 19.3 Å². The Bertz CT molecular complexity index is 322. The Labute approximate surface area is 108 Å². The highest BCUT2D eigenvalue weighted by Gasteiger charge is 2.46. The van der Waals surface area contributed by atoms with Gasteiger partial charge in [0.1, 0.15) is 12.2 Å². The van der Waals surface area contributed by atoms with E-state index in [-0.39, 0.29) is 24.0 Å². The van der Waals surface area contributed by atoms with Crippen LogP contribution in [0.4, 0.5) is 0 Å². The van der Waals surface area contributed by atoms with E-state index in [9.17, 15) is 4.79 Å². The highest BCUT2D eigenvalue weighted by molar-refractivity contribution is 5.70. The summed E-state index contributed by atoms with van der Waals surface area (Å²) in [6, 6.07) is 0. The molecule has 0 aromatic carbocycles. The quantitative estimate of drug-likeness (QED) is 0.674.